The van der Waals surface area contributed by atoms with Crippen LogP contribution in [0.3, 0.4) is 0 Å². The van der Waals surface area contributed by atoms with Crippen molar-refractivity contribution >= 4 is 46.8 Å². The van der Waals surface area contributed by atoms with Crippen molar-refractivity contribution in [1.29, 1.82) is 0 Å². The van der Waals surface area contributed by atoms with Gasteiger partial charge < -0.3 is 15.1 Å². The van der Waals surface area contributed by atoms with Crippen molar-refractivity contribution in [1.82, 2.24) is 5.32 Å². The van der Waals surface area contributed by atoms with Crippen LogP contribution in [0.1, 0.15) is 16.1 Å². The molecule has 2 aromatic carbocycles. The quantitative estimate of drug-likeness (QED) is 0.592. The highest BCUT2D eigenvalue weighted by molar-refractivity contribution is 6.31. The molecule has 0 unspecified atom stereocenters. The van der Waals surface area contributed by atoms with Gasteiger partial charge in [0.15, 0.2) is 0 Å². The number of halogens is 2. The highest BCUT2D eigenvalue weighted by Gasteiger charge is 2.15. The van der Waals surface area contributed by atoms with E-state index >= 15 is 0 Å². The number of hydrogen-bond donors (Lipinski definition) is 2. The van der Waals surface area contributed by atoms with Crippen molar-refractivity contribution in [3.05, 3.63) is 94.0 Å². The van der Waals surface area contributed by atoms with Crippen molar-refractivity contribution in [2.45, 2.75) is 0 Å². The summed E-state index contributed by atoms with van der Waals surface area (Å²) in [7, 11) is 0. The molecule has 0 bridgehead atoms. The number of hydrogen-bond acceptors (Lipinski definition) is 3. The number of rotatable bonds is 5. The molecule has 0 radical (unpaired) electrons. The van der Waals surface area contributed by atoms with Gasteiger partial charge in [-0.3, -0.25) is 9.59 Å². The Morgan fingerprint density at radius 1 is 0.889 bits per heavy atom. The van der Waals surface area contributed by atoms with Crippen molar-refractivity contribution in [2.24, 2.45) is 0 Å². The monoisotopic (exact) mass is 400 g/mol. The molecule has 0 saturated heterocycles. The fourth-order valence-electron chi connectivity index (χ4n) is 2.20. The van der Waals surface area contributed by atoms with E-state index in [1.165, 1.54) is 12.3 Å². The fourth-order valence-corrected chi connectivity index (χ4v) is 2.45. The molecular formula is C20H14Cl2N2O3. The van der Waals surface area contributed by atoms with Crippen LogP contribution < -0.4 is 10.6 Å². The van der Waals surface area contributed by atoms with Crippen LogP contribution in [0, 0.1) is 0 Å². The van der Waals surface area contributed by atoms with Crippen LogP contribution in [0.4, 0.5) is 5.69 Å². The lowest BCUT2D eigenvalue weighted by Gasteiger charge is -2.11. The molecule has 136 valence electrons. The molecule has 0 fully saturated rings. The topological polar surface area (TPSA) is 71.3 Å². The third-order valence-electron chi connectivity index (χ3n) is 3.53. The average Bonchev–Trinajstić information content (AvgIpc) is 3.16. The van der Waals surface area contributed by atoms with E-state index in [4.69, 9.17) is 27.6 Å². The Hall–Kier alpha value is -3.02. The second-order valence-corrected chi connectivity index (χ2v) is 6.37. The standard InChI is InChI=1S/C20H14Cl2N2O3/c21-14-5-3-13(4-6-14)19(25)24-18(12-17-2-1-11-27-17)20(26)23-16-9-7-15(22)8-10-16/h1-12H,(H,23,26)(H,24,25)/b18-12+. The smallest absolute Gasteiger partial charge is 0.272 e. The summed E-state index contributed by atoms with van der Waals surface area (Å²) in [6.45, 7) is 0. The minimum absolute atomic E-state index is 0.0276. The summed E-state index contributed by atoms with van der Waals surface area (Å²) >= 11 is 11.7. The number of amides is 2. The summed E-state index contributed by atoms with van der Waals surface area (Å²) in [6.07, 6.45) is 2.92. The Morgan fingerprint density at radius 3 is 2.11 bits per heavy atom. The molecule has 0 spiro atoms. The van der Waals surface area contributed by atoms with Gasteiger partial charge in [-0.05, 0) is 60.7 Å². The first kappa shape index (κ1) is 18.8. The SMILES string of the molecule is O=C(Nc1ccc(Cl)cc1)/C(=C\c1ccco1)NC(=O)c1ccc(Cl)cc1. The lowest BCUT2D eigenvalue weighted by Crippen LogP contribution is -2.30. The molecule has 3 rings (SSSR count). The summed E-state index contributed by atoms with van der Waals surface area (Å²) in [5.41, 5.74) is 0.930. The molecule has 0 atom stereocenters. The molecule has 1 aromatic heterocycles. The summed E-state index contributed by atoms with van der Waals surface area (Å²) in [4.78, 5) is 25.1. The first-order chi connectivity index (χ1) is 13.0. The molecule has 7 heteroatoms. The van der Waals surface area contributed by atoms with Gasteiger partial charge in [0.1, 0.15) is 11.5 Å². The summed E-state index contributed by atoms with van der Waals surface area (Å²) in [5.74, 6) is -0.528. The summed E-state index contributed by atoms with van der Waals surface area (Å²) in [5, 5.41) is 6.37. The van der Waals surface area contributed by atoms with Crippen LogP contribution in [0.2, 0.25) is 10.0 Å². The zero-order chi connectivity index (χ0) is 19.2. The van der Waals surface area contributed by atoms with E-state index in [0.717, 1.165) is 0 Å². The Morgan fingerprint density at radius 2 is 1.52 bits per heavy atom. The van der Waals surface area contributed by atoms with Crippen LogP contribution in [0.15, 0.2) is 77.0 Å². The van der Waals surface area contributed by atoms with Gasteiger partial charge in [-0.15, -0.1) is 0 Å². The maximum atomic E-state index is 12.7. The van der Waals surface area contributed by atoms with Crippen molar-refractivity contribution < 1.29 is 14.0 Å². The molecule has 2 N–H and O–H groups in total. The molecule has 0 saturated carbocycles. The molecule has 5 nitrogen and oxygen atoms in total. The third kappa shape index (κ3) is 5.23. The molecule has 3 aromatic rings. The molecule has 27 heavy (non-hydrogen) atoms. The Labute approximate surface area is 165 Å². The second kappa shape index (κ2) is 8.58. The Bertz CT molecular complexity index is 963. The maximum Gasteiger partial charge on any atom is 0.272 e. The molecular weight excluding hydrogens is 387 g/mol. The van der Waals surface area contributed by atoms with Gasteiger partial charge >= 0.3 is 0 Å². The Kier molecular flexibility index (Phi) is 5.96. The summed E-state index contributed by atoms with van der Waals surface area (Å²) < 4.78 is 5.24. The largest absolute Gasteiger partial charge is 0.465 e. The van der Waals surface area contributed by atoms with Gasteiger partial charge in [-0.25, -0.2) is 0 Å². The highest BCUT2D eigenvalue weighted by Crippen LogP contribution is 2.15. The molecule has 0 aliphatic heterocycles. The minimum atomic E-state index is -0.504. The van der Waals surface area contributed by atoms with Crippen molar-refractivity contribution in [3.63, 3.8) is 0 Å². The van der Waals surface area contributed by atoms with E-state index in [0.29, 0.717) is 27.1 Å². The van der Waals surface area contributed by atoms with Crippen LogP contribution in [-0.2, 0) is 4.79 Å². The molecule has 2 amide bonds. The molecule has 0 aliphatic rings. The lowest BCUT2D eigenvalue weighted by atomic mass is 10.2. The van der Waals surface area contributed by atoms with Gasteiger partial charge in [0.05, 0.1) is 6.26 Å². The number of furan rings is 1. The van der Waals surface area contributed by atoms with Crippen molar-refractivity contribution in [2.75, 3.05) is 5.32 Å². The van der Waals surface area contributed by atoms with Crippen LogP contribution >= 0.6 is 23.2 Å². The van der Waals surface area contributed by atoms with E-state index in [9.17, 15) is 9.59 Å². The van der Waals surface area contributed by atoms with Gasteiger partial charge in [-0.1, -0.05) is 23.2 Å². The van der Waals surface area contributed by atoms with E-state index in [1.54, 1.807) is 60.7 Å². The third-order valence-corrected chi connectivity index (χ3v) is 4.04. The van der Waals surface area contributed by atoms with Gasteiger partial charge in [-0.2, -0.15) is 0 Å². The number of carbonyl (C=O) groups excluding carboxylic acids is 2. The minimum Gasteiger partial charge on any atom is -0.465 e. The number of nitrogens with one attached hydrogen (secondary N) is 2. The van der Waals surface area contributed by atoms with E-state index in [-0.39, 0.29) is 5.70 Å². The fraction of sp³-hybridized carbons (Fsp3) is 0. The highest BCUT2D eigenvalue weighted by atomic mass is 35.5. The summed E-state index contributed by atoms with van der Waals surface area (Å²) in [6, 6.07) is 16.3. The van der Waals surface area contributed by atoms with Crippen molar-refractivity contribution in [3.8, 4) is 0 Å². The van der Waals surface area contributed by atoms with E-state index in [1.807, 2.05) is 0 Å². The van der Waals surface area contributed by atoms with Gasteiger partial charge in [0.25, 0.3) is 11.8 Å². The van der Waals surface area contributed by atoms with Crippen LogP contribution in [0.25, 0.3) is 6.08 Å². The molecule has 0 aliphatic carbocycles. The Balaban J connectivity index is 1.82. The number of anilines is 1. The first-order valence-electron chi connectivity index (χ1n) is 7.90. The van der Waals surface area contributed by atoms with Crippen LogP contribution in [0.5, 0.6) is 0 Å². The van der Waals surface area contributed by atoms with Gasteiger partial charge in [0, 0.05) is 27.4 Å². The van der Waals surface area contributed by atoms with Gasteiger partial charge in [0.2, 0.25) is 0 Å². The van der Waals surface area contributed by atoms with E-state index < -0.39 is 11.8 Å². The zero-order valence-corrected chi connectivity index (χ0v) is 15.4. The normalized spacial score (nSPS) is 11.1. The predicted octanol–water partition coefficient (Wildman–Crippen LogP) is 5.00. The molecule has 1 heterocycles. The average molecular weight is 401 g/mol. The van der Waals surface area contributed by atoms with Crippen LogP contribution in [-0.4, -0.2) is 11.8 Å². The second-order valence-electron chi connectivity index (χ2n) is 5.50. The van der Waals surface area contributed by atoms with E-state index in [2.05, 4.69) is 10.6 Å². The maximum absolute atomic E-state index is 12.7. The number of carbonyl (C=O) groups is 2. The predicted molar refractivity (Wildman–Crippen MR) is 106 cm³/mol. The first-order valence-corrected chi connectivity index (χ1v) is 8.66. The lowest BCUT2D eigenvalue weighted by molar-refractivity contribution is -0.113. The zero-order valence-electron chi connectivity index (χ0n) is 13.9. The number of benzene rings is 2.